The van der Waals surface area contributed by atoms with E-state index in [0.29, 0.717) is 19.6 Å². The minimum Gasteiger partial charge on any atom is -0.465 e. The predicted molar refractivity (Wildman–Crippen MR) is 91.3 cm³/mol. The molecule has 0 aliphatic rings. The van der Waals surface area contributed by atoms with Crippen LogP contribution in [0.2, 0.25) is 0 Å². The highest BCUT2D eigenvalue weighted by Gasteiger charge is 2.16. The second-order valence-corrected chi connectivity index (χ2v) is 6.83. The summed E-state index contributed by atoms with van der Waals surface area (Å²) in [5, 5.41) is 11.0. The fourth-order valence-corrected chi connectivity index (χ4v) is 3.27. The van der Waals surface area contributed by atoms with E-state index in [2.05, 4.69) is 15.9 Å². The van der Waals surface area contributed by atoms with E-state index in [0.717, 1.165) is 14.9 Å². The Balaban J connectivity index is 1.97. The SMILES string of the molecule is CN(CCC(OCc1cccc(Br)c1)c1cccs1)C(=O)O. The number of amides is 1. The van der Waals surface area contributed by atoms with Crippen molar-refractivity contribution in [2.75, 3.05) is 13.6 Å². The van der Waals surface area contributed by atoms with Gasteiger partial charge in [0.1, 0.15) is 0 Å². The van der Waals surface area contributed by atoms with Gasteiger partial charge in [-0.15, -0.1) is 11.3 Å². The molecule has 118 valence electrons. The summed E-state index contributed by atoms with van der Waals surface area (Å²) < 4.78 is 7.05. The lowest BCUT2D eigenvalue weighted by Crippen LogP contribution is -2.27. The van der Waals surface area contributed by atoms with Crippen LogP contribution in [-0.4, -0.2) is 29.7 Å². The molecule has 1 aromatic carbocycles. The van der Waals surface area contributed by atoms with Gasteiger partial charge < -0.3 is 14.7 Å². The first-order valence-electron chi connectivity index (χ1n) is 6.90. The molecule has 0 saturated carbocycles. The van der Waals surface area contributed by atoms with Crippen LogP contribution < -0.4 is 0 Å². The number of benzene rings is 1. The van der Waals surface area contributed by atoms with Gasteiger partial charge in [0.2, 0.25) is 0 Å². The van der Waals surface area contributed by atoms with Crippen molar-refractivity contribution in [2.24, 2.45) is 0 Å². The van der Waals surface area contributed by atoms with Crippen LogP contribution in [-0.2, 0) is 11.3 Å². The topological polar surface area (TPSA) is 49.8 Å². The van der Waals surface area contributed by atoms with Gasteiger partial charge in [0.15, 0.2) is 0 Å². The molecule has 0 spiro atoms. The first kappa shape index (κ1) is 17.0. The Labute approximate surface area is 142 Å². The van der Waals surface area contributed by atoms with E-state index in [1.807, 2.05) is 41.8 Å². The molecule has 2 aromatic rings. The average Bonchev–Trinajstić information content (AvgIpc) is 3.01. The molecule has 1 N–H and O–H groups in total. The molecule has 1 aromatic heterocycles. The van der Waals surface area contributed by atoms with Crippen molar-refractivity contribution in [3.8, 4) is 0 Å². The summed E-state index contributed by atoms with van der Waals surface area (Å²) in [6.45, 7) is 0.940. The molecule has 0 fully saturated rings. The van der Waals surface area contributed by atoms with E-state index in [9.17, 15) is 4.79 Å². The molecule has 1 amide bonds. The zero-order valence-electron chi connectivity index (χ0n) is 12.2. The highest BCUT2D eigenvalue weighted by Crippen LogP contribution is 2.27. The second kappa shape index (κ2) is 8.31. The molecule has 0 bridgehead atoms. The largest absolute Gasteiger partial charge is 0.465 e. The fourth-order valence-electron chi connectivity index (χ4n) is 2.01. The second-order valence-electron chi connectivity index (χ2n) is 4.94. The number of thiophene rings is 1. The molecular weight excluding hydrogens is 366 g/mol. The van der Waals surface area contributed by atoms with Gasteiger partial charge in [-0.1, -0.05) is 34.1 Å². The highest BCUT2D eigenvalue weighted by molar-refractivity contribution is 9.10. The summed E-state index contributed by atoms with van der Waals surface area (Å²) in [6, 6.07) is 12.0. The number of nitrogens with zero attached hydrogens (tertiary/aromatic N) is 1. The maximum Gasteiger partial charge on any atom is 0.407 e. The van der Waals surface area contributed by atoms with Gasteiger partial charge in [-0.25, -0.2) is 4.79 Å². The number of hydrogen-bond acceptors (Lipinski definition) is 3. The van der Waals surface area contributed by atoms with Crippen LogP contribution in [0.5, 0.6) is 0 Å². The van der Waals surface area contributed by atoms with Gasteiger partial charge in [0, 0.05) is 22.9 Å². The van der Waals surface area contributed by atoms with E-state index in [1.165, 1.54) is 4.90 Å². The van der Waals surface area contributed by atoms with Crippen LogP contribution in [0.15, 0.2) is 46.3 Å². The smallest absolute Gasteiger partial charge is 0.407 e. The Bertz CT molecular complexity index is 603. The third-order valence-corrected chi connectivity index (χ3v) is 4.71. The van der Waals surface area contributed by atoms with Gasteiger partial charge in [0.25, 0.3) is 0 Å². The zero-order chi connectivity index (χ0) is 15.9. The summed E-state index contributed by atoms with van der Waals surface area (Å²) in [7, 11) is 1.57. The maximum absolute atomic E-state index is 10.9. The van der Waals surface area contributed by atoms with Gasteiger partial charge in [-0.05, 0) is 35.6 Å². The van der Waals surface area contributed by atoms with Crippen LogP contribution in [0, 0.1) is 0 Å². The quantitative estimate of drug-likeness (QED) is 0.748. The lowest BCUT2D eigenvalue weighted by Gasteiger charge is -2.20. The van der Waals surface area contributed by atoms with Crippen LogP contribution in [0.1, 0.15) is 23.0 Å². The normalized spacial score (nSPS) is 12.1. The number of halogens is 1. The molecule has 4 nitrogen and oxygen atoms in total. The summed E-state index contributed by atoms with van der Waals surface area (Å²) in [4.78, 5) is 13.3. The Hall–Kier alpha value is -1.37. The Morgan fingerprint density at radius 2 is 2.23 bits per heavy atom. The van der Waals surface area contributed by atoms with Gasteiger partial charge in [-0.3, -0.25) is 0 Å². The third-order valence-electron chi connectivity index (χ3n) is 3.25. The molecule has 0 aliphatic carbocycles. The third kappa shape index (κ3) is 5.12. The van der Waals surface area contributed by atoms with Crippen molar-refractivity contribution >= 4 is 33.4 Å². The van der Waals surface area contributed by atoms with E-state index >= 15 is 0 Å². The van der Waals surface area contributed by atoms with Crippen LogP contribution >= 0.6 is 27.3 Å². The standard InChI is InChI=1S/C16H18BrNO3S/c1-18(16(19)20)8-7-14(15-6-3-9-22-15)21-11-12-4-2-5-13(17)10-12/h2-6,9-10,14H,7-8,11H2,1H3,(H,19,20). The zero-order valence-corrected chi connectivity index (χ0v) is 14.6. The first-order valence-corrected chi connectivity index (χ1v) is 8.57. The number of carbonyl (C=O) groups is 1. The highest BCUT2D eigenvalue weighted by atomic mass is 79.9. The van der Waals surface area contributed by atoms with Crippen molar-refractivity contribution in [2.45, 2.75) is 19.1 Å². The van der Waals surface area contributed by atoms with Crippen molar-refractivity contribution in [1.29, 1.82) is 0 Å². The minimum absolute atomic E-state index is 0.0965. The van der Waals surface area contributed by atoms with E-state index in [4.69, 9.17) is 9.84 Å². The number of hydrogen-bond donors (Lipinski definition) is 1. The van der Waals surface area contributed by atoms with E-state index in [-0.39, 0.29) is 6.10 Å². The molecule has 0 radical (unpaired) electrons. The average molecular weight is 384 g/mol. The van der Waals surface area contributed by atoms with Crippen molar-refractivity contribution in [3.05, 3.63) is 56.7 Å². The molecule has 22 heavy (non-hydrogen) atoms. The Kier molecular flexibility index (Phi) is 6.42. The summed E-state index contributed by atoms with van der Waals surface area (Å²) in [5.74, 6) is 0. The monoisotopic (exact) mass is 383 g/mol. The maximum atomic E-state index is 10.9. The number of ether oxygens (including phenoxy) is 1. The molecule has 1 heterocycles. The Morgan fingerprint density at radius 1 is 1.41 bits per heavy atom. The lowest BCUT2D eigenvalue weighted by atomic mass is 10.2. The Morgan fingerprint density at radius 3 is 2.86 bits per heavy atom. The van der Waals surface area contributed by atoms with Crippen molar-refractivity contribution < 1.29 is 14.6 Å². The van der Waals surface area contributed by atoms with Crippen LogP contribution in [0.4, 0.5) is 4.79 Å². The molecular formula is C16H18BrNO3S. The van der Waals surface area contributed by atoms with Crippen molar-refractivity contribution in [3.63, 3.8) is 0 Å². The van der Waals surface area contributed by atoms with Gasteiger partial charge in [-0.2, -0.15) is 0 Å². The molecule has 1 atom stereocenters. The van der Waals surface area contributed by atoms with Crippen LogP contribution in [0.3, 0.4) is 0 Å². The summed E-state index contributed by atoms with van der Waals surface area (Å²) in [6.07, 6.45) is -0.380. The minimum atomic E-state index is -0.920. The van der Waals surface area contributed by atoms with Gasteiger partial charge >= 0.3 is 6.09 Å². The predicted octanol–water partition coefficient (Wildman–Crippen LogP) is 4.77. The van der Waals surface area contributed by atoms with E-state index < -0.39 is 6.09 Å². The molecule has 1 unspecified atom stereocenters. The number of rotatable bonds is 7. The van der Waals surface area contributed by atoms with Crippen molar-refractivity contribution in [1.82, 2.24) is 4.90 Å². The molecule has 0 aliphatic heterocycles. The van der Waals surface area contributed by atoms with Gasteiger partial charge in [0.05, 0.1) is 12.7 Å². The summed E-state index contributed by atoms with van der Waals surface area (Å²) in [5.41, 5.74) is 1.09. The van der Waals surface area contributed by atoms with E-state index in [1.54, 1.807) is 18.4 Å². The molecule has 6 heteroatoms. The molecule has 2 rings (SSSR count). The number of carboxylic acid groups (broad SMARTS) is 1. The summed E-state index contributed by atoms with van der Waals surface area (Å²) >= 11 is 5.08. The van der Waals surface area contributed by atoms with Crippen LogP contribution in [0.25, 0.3) is 0 Å². The fraction of sp³-hybridized carbons (Fsp3) is 0.312. The molecule has 0 saturated heterocycles. The first-order chi connectivity index (χ1) is 10.6. The lowest BCUT2D eigenvalue weighted by molar-refractivity contribution is 0.0310.